The molecule has 1 aliphatic rings. The largest absolute Gasteiger partial charge is 1.00 e. The molecule has 0 bridgehead atoms. The van der Waals surface area contributed by atoms with Crippen LogP contribution < -0.4 is 21.5 Å². The van der Waals surface area contributed by atoms with Crippen molar-refractivity contribution in [1.82, 2.24) is 4.57 Å². The summed E-state index contributed by atoms with van der Waals surface area (Å²) in [5.74, 6) is 0.863. The van der Waals surface area contributed by atoms with E-state index in [9.17, 15) is 9.18 Å². The molecule has 0 saturated heterocycles. The monoisotopic (exact) mass is 414 g/mol. The van der Waals surface area contributed by atoms with Crippen LogP contribution in [0.3, 0.4) is 0 Å². The molecule has 2 aromatic carbocycles. The van der Waals surface area contributed by atoms with Gasteiger partial charge >= 0.3 is 0 Å². The molecule has 0 N–H and O–H groups in total. The summed E-state index contributed by atoms with van der Waals surface area (Å²) in [6, 6.07) is 14.2. The van der Waals surface area contributed by atoms with Crippen molar-refractivity contribution >= 4 is 5.78 Å². The lowest BCUT2D eigenvalue weighted by Gasteiger charge is -2.00. The second-order valence-electron chi connectivity index (χ2n) is 6.61. The Balaban J connectivity index is 0.00000196. The summed E-state index contributed by atoms with van der Waals surface area (Å²) in [5.41, 5.74) is 4.10. The number of carbonyl (C=O) groups is 1. The molecule has 0 spiro atoms. The number of hydrogen-bond acceptors (Lipinski definition) is 1. The van der Waals surface area contributed by atoms with Gasteiger partial charge < -0.3 is 17.0 Å². The highest BCUT2D eigenvalue weighted by molar-refractivity contribution is 5.95. The Kier molecular flexibility index (Phi) is 5.37. The minimum absolute atomic E-state index is 0. The molecule has 0 fully saturated rings. The SMILES string of the molecule is Cc1ccc(-c2c[n+](CC(=O)c3ccc(F)cc3)c3n2CCC3)cc1.[Br-]. The number of benzene rings is 2. The quantitative estimate of drug-likeness (QED) is 0.456. The van der Waals surface area contributed by atoms with Gasteiger partial charge in [0.05, 0.1) is 13.0 Å². The average molecular weight is 415 g/mol. The van der Waals surface area contributed by atoms with Crippen molar-refractivity contribution in [3.05, 3.63) is 77.5 Å². The molecule has 0 saturated carbocycles. The van der Waals surface area contributed by atoms with Gasteiger partial charge in [-0.15, -0.1) is 0 Å². The lowest BCUT2D eigenvalue weighted by molar-refractivity contribution is -0.689. The second kappa shape index (κ2) is 7.54. The molecule has 0 unspecified atom stereocenters. The molecular formula is C21H20BrFN2O. The molecule has 4 rings (SSSR count). The van der Waals surface area contributed by atoms with Crippen molar-refractivity contribution in [1.29, 1.82) is 0 Å². The number of ketones is 1. The highest BCUT2D eigenvalue weighted by Gasteiger charge is 2.29. The van der Waals surface area contributed by atoms with E-state index in [1.165, 1.54) is 29.1 Å². The minimum atomic E-state index is -0.324. The molecule has 3 nitrogen and oxygen atoms in total. The highest BCUT2D eigenvalue weighted by atomic mass is 79.9. The Morgan fingerprint density at radius 2 is 1.81 bits per heavy atom. The van der Waals surface area contributed by atoms with Crippen molar-refractivity contribution < 1.29 is 30.7 Å². The summed E-state index contributed by atoms with van der Waals surface area (Å²) >= 11 is 0. The van der Waals surface area contributed by atoms with E-state index in [1.807, 2.05) is 4.57 Å². The maximum absolute atomic E-state index is 13.1. The van der Waals surface area contributed by atoms with Gasteiger partial charge in [0.25, 0.3) is 5.82 Å². The Hall–Kier alpha value is -2.27. The maximum atomic E-state index is 13.1. The van der Waals surface area contributed by atoms with Gasteiger partial charge in [-0.3, -0.25) is 4.79 Å². The van der Waals surface area contributed by atoms with Gasteiger partial charge in [0.1, 0.15) is 12.0 Å². The van der Waals surface area contributed by atoms with Crippen LogP contribution in [-0.4, -0.2) is 10.4 Å². The first kappa shape index (κ1) is 18.5. The van der Waals surface area contributed by atoms with Crippen molar-refractivity contribution in [3.8, 4) is 11.3 Å². The van der Waals surface area contributed by atoms with Crippen molar-refractivity contribution in [2.75, 3.05) is 0 Å². The molecule has 0 radical (unpaired) electrons. The molecule has 5 heteroatoms. The predicted molar refractivity (Wildman–Crippen MR) is 93.9 cm³/mol. The first-order valence-corrected chi connectivity index (χ1v) is 8.59. The number of halogens is 2. The minimum Gasteiger partial charge on any atom is -1.00 e. The Bertz CT molecular complexity index is 930. The third-order valence-electron chi connectivity index (χ3n) is 4.82. The summed E-state index contributed by atoms with van der Waals surface area (Å²) in [5, 5.41) is 0. The number of imidazole rings is 1. The van der Waals surface area contributed by atoms with Gasteiger partial charge in [-0.05, 0) is 37.6 Å². The van der Waals surface area contributed by atoms with Gasteiger partial charge in [0.15, 0.2) is 12.2 Å². The first-order valence-electron chi connectivity index (χ1n) is 8.59. The molecule has 134 valence electrons. The molecule has 1 aromatic heterocycles. The normalized spacial score (nSPS) is 12.5. The number of nitrogens with zero attached hydrogens (tertiary/aromatic N) is 2. The van der Waals surface area contributed by atoms with E-state index in [4.69, 9.17) is 0 Å². The third-order valence-corrected chi connectivity index (χ3v) is 4.82. The molecule has 0 atom stereocenters. The van der Waals surface area contributed by atoms with Crippen molar-refractivity contribution in [3.63, 3.8) is 0 Å². The molecule has 0 aliphatic carbocycles. The summed E-state index contributed by atoms with van der Waals surface area (Å²) < 4.78 is 17.4. The van der Waals surface area contributed by atoms with Crippen LogP contribution in [0.4, 0.5) is 4.39 Å². The van der Waals surface area contributed by atoms with E-state index in [-0.39, 0.29) is 35.1 Å². The van der Waals surface area contributed by atoms with Gasteiger partial charge in [-0.2, -0.15) is 0 Å². The zero-order valence-electron chi connectivity index (χ0n) is 14.6. The lowest BCUT2D eigenvalue weighted by Crippen LogP contribution is -3.00. The summed E-state index contributed by atoms with van der Waals surface area (Å²) in [4.78, 5) is 12.6. The van der Waals surface area contributed by atoms with Crippen molar-refractivity contribution in [2.45, 2.75) is 32.9 Å². The van der Waals surface area contributed by atoms with E-state index < -0.39 is 0 Å². The topological polar surface area (TPSA) is 25.9 Å². The standard InChI is InChI=1S/C21H20FN2O.BrH/c1-15-4-6-16(7-5-15)19-13-23(21-3-2-12-24(19)21)14-20(25)17-8-10-18(22)11-9-17;/h4-11,13H,2-3,12,14H2,1H3;1H/q+1;/p-1. The number of rotatable bonds is 4. The van der Waals surface area contributed by atoms with E-state index in [0.29, 0.717) is 5.56 Å². The zero-order chi connectivity index (χ0) is 17.4. The fourth-order valence-corrected chi connectivity index (χ4v) is 3.48. The van der Waals surface area contributed by atoms with Crippen LogP contribution in [0.5, 0.6) is 0 Å². The maximum Gasteiger partial charge on any atom is 0.257 e. The number of Topliss-reactive ketones (excluding diaryl/α,β-unsaturated/α-hetero) is 1. The number of hydrogen-bond donors (Lipinski definition) is 0. The number of carbonyl (C=O) groups excluding carboxylic acids is 1. The van der Waals surface area contributed by atoms with E-state index >= 15 is 0 Å². The highest BCUT2D eigenvalue weighted by Crippen LogP contribution is 2.25. The first-order chi connectivity index (χ1) is 12.1. The fraction of sp³-hybridized carbons (Fsp3) is 0.238. The molecule has 1 aliphatic heterocycles. The molecule has 26 heavy (non-hydrogen) atoms. The van der Waals surface area contributed by atoms with Crippen LogP contribution in [-0.2, 0) is 19.5 Å². The lowest BCUT2D eigenvalue weighted by atomic mass is 10.1. The van der Waals surface area contributed by atoms with Gasteiger partial charge in [-0.1, -0.05) is 29.8 Å². The van der Waals surface area contributed by atoms with Crippen LogP contribution in [0.15, 0.2) is 54.7 Å². The third kappa shape index (κ3) is 3.49. The van der Waals surface area contributed by atoms with Crippen LogP contribution >= 0.6 is 0 Å². The van der Waals surface area contributed by atoms with Crippen LogP contribution in [0.2, 0.25) is 0 Å². The van der Waals surface area contributed by atoms with E-state index in [2.05, 4.69) is 42.0 Å². The summed E-state index contributed by atoms with van der Waals surface area (Å²) in [6.07, 6.45) is 4.14. The van der Waals surface area contributed by atoms with Gasteiger partial charge in [-0.25, -0.2) is 13.5 Å². The number of aromatic nitrogens is 2. The fourth-order valence-electron chi connectivity index (χ4n) is 3.48. The molecule has 3 aromatic rings. The molecule has 0 amide bonds. The zero-order valence-corrected chi connectivity index (χ0v) is 16.2. The Labute approximate surface area is 162 Å². The number of aryl methyl sites for hydroxylation is 1. The predicted octanol–water partition coefficient (Wildman–Crippen LogP) is 0.723. The number of fused-ring (bicyclic) bond motifs is 1. The second-order valence-corrected chi connectivity index (χ2v) is 6.61. The Morgan fingerprint density at radius 3 is 2.50 bits per heavy atom. The Morgan fingerprint density at radius 1 is 1.12 bits per heavy atom. The van der Waals surface area contributed by atoms with Gasteiger partial charge in [0.2, 0.25) is 5.78 Å². The van der Waals surface area contributed by atoms with Crippen LogP contribution in [0, 0.1) is 12.7 Å². The molecule has 2 heterocycles. The molecular weight excluding hydrogens is 395 g/mol. The van der Waals surface area contributed by atoms with E-state index in [1.54, 1.807) is 12.1 Å². The van der Waals surface area contributed by atoms with Gasteiger partial charge in [0, 0.05) is 11.1 Å². The summed E-state index contributed by atoms with van der Waals surface area (Å²) in [6.45, 7) is 3.34. The van der Waals surface area contributed by atoms with E-state index in [0.717, 1.165) is 25.1 Å². The van der Waals surface area contributed by atoms with Crippen LogP contribution in [0.1, 0.15) is 28.2 Å². The average Bonchev–Trinajstić information content (AvgIpc) is 3.20. The van der Waals surface area contributed by atoms with Crippen LogP contribution in [0.25, 0.3) is 11.3 Å². The van der Waals surface area contributed by atoms with Crippen molar-refractivity contribution in [2.24, 2.45) is 0 Å². The smallest absolute Gasteiger partial charge is 0.257 e. The summed E-state index contributed by atoms with van der Waals surface area (Å²) in [7, 11) is 0.